The lowest BCUT2D eigenvalue weighted by atomic mass is 9.75. The van der Waals surface area contributed by atoms with E-state index in [4.69, 9.17) is 4.74 Å². The third-order valence-electron chi connectivity index (χ3n) is 4.67. The quantitative estimate of drug-likeness (QED) is 0.336. The van der Waals surface area contributed by atoms with Crippen LogP contribution in [0.3, 0.4) is 0 Å². The molecule has 1 aliphatic carbocycles. The summed E-state index contributed by atoms with van der Waals surface area (Å²) in [6.45, 7) is 7.45. The van der Waals surface area contributed by atoms with Crippen LogP contribution in [0.2, 0.25) is 0 Å². The highest BCUT2D eigenvalue weighted by Crippen LogP contribution is 2.38. The number of Topliss-reactive ketones (excluding diaryl/α,β-unsaturated/α-hetero) is 1. The Kier molecular flexibility index (Phi) is 6.99. The van der Waals surface area contributed by atoms with Crippen molar-refractivity contribution in [2.24, 2.45) is 0 Å². The van der Waals surface area contributed by atoms with Crippen molar-refractivity contribution in [1.29, 1.82) is 0 Å². The van der Waals surface area contributed by atoms with E-state index >= 15 is 0 Å². The smallest absolute Gasteiger partial charge is 0.356 e. The fourth-order valence-electron chi connectivity index (χ4n) is 2.97. The Hall–Kier alpha value is -4.51. The number of nitrogens with one attached hydrogen (secondary N) is 2. The molecule has 172 valence electrons. The number of carbonyl (C=O) groups is 5. The van der Waals surface area contributed by atoms with Crippen molar-refractivity contribution < 1.29 is 44.0 Å². The van der Waals surface area contributed by atoms with Crippen molar-refractivity contribution in [3.63, 3.8) is 0 Å². The van der Waals surface area contributed by atoms with Crippen molar-refractivity contribution in [1.82, 2.24) is 5.32 Å². The molecule has 33 heavy (non-hydrogen) atoms. The molecule has 0 bridgehead atoms. The number of aromatic carboxylic acids is 1. The maximum Gasteiger partial charge on any atom is 0.356 e. The van der Waals surface area contributed by atoms with Gasteiger partial charge in [0.25, 0.3) is 5.60 Å². The van der Waals surface area contributed by atoms with E-state index in [0.29, 0.717) is 0 Å². The SMILES string of the molecule is C=CC(=O)NC1=CC(O)(C(C)=O)C(Oc2cc(NC(=O)C=C)ccc2C(=O)O)(C(=O)O)C=C1. The lowest BCUT2D eigenvalue weighted by molar-refractivity contribution is -0.173. The second kappa shape index (κ2) is 9.32. The summed E-state index contributed by atoms with van der Waals surface area (Å²) >= 11 is 0. The molecule has 5 N–H and O–H groups in total. The first-order valence-corrected chi connectivity index (χ1v) is 9.22. The first-order chi connectivity index (χ1) is 15.4. The second-order valence-electron chi connectivity index (χ2n) is 6.80. The zero-order valence-electron chi connectivity index (χ0n) is 17.3. The molecule has 1 aromatic rings. The summed E-state index contributed by atoms with van der Waals surface area (Å²) in [6, 6.07) is 3.28. The van der Waals surface area contributed by atoms with Gasteiger partial charge in [0.2, 0.25) is 11.8 Å². The van der Waals surface area contributed by atoms with Gasteiger partial charge in [-0.15, -0.1) is 0 Å². The molecule has 0 saturated carbocycles. The van der Waals surface area contributed by atoms with E-state index < -0.39 is 52.1 Å². The highest BCUT2D eigenvalue weighted by Gasteiger charge is 2.61. The van der Waals surface area contributed by atoms with Gasteiger partial charge >= 0.3 is 11.9 Å². The molecule has 0 saturated heterocycles. The Morgan fingerprint density at radius 3 is 2.15 bits per heavy atom. The first-order valence-electron chi connectivity index (χ1n) is 9.22. The minimum Gasteiger partial charge on any atom is -0.478 e. The number of allylic oxidation sites excluding steroid dienone is 1. The molecule has 0 spiro atoms. The van der Waals surface area contributed by atoms with Gasteiger partial charge in [-0.1, -0.05) is 13.2 Å². The molecule has 11 heteroatoms. The average molecular weight is 456 g/mol. The second-order valence-corrected chi connectivity index (χ2v) is 6.80. The molecule has 2 amide bonds. The predicted molar refractivity (Wildman–Crippen MR) is 114 cm³/mol. The number of aliphatic hydroxyl groups is 1. The van der Waals surface area contributed by atoms with Crippen molar-refractivity contribution in [2.45, 2.75) is 18.1 Å². The topological polar surface area (TPSA) is 179 Å². The number of hydrogen-bond donors (Lipinski definition) is 5. The maximum absolute atomic E-state index is 12.4. The number of ketones is 1. The Labute approximate surface area is 187 Å². The third-order valence-corrected chi connectivity index (χ3v) is 4.67. The van der Waals surface area contributed by atoms with Gasteiger partial charge in [0.1, 0.15) is 11.3 Å². The largest absolute Gasteiger partial charge is 0.478 e. The molecule has 0 fully saturated rings. The molecule has 2 rings (SSSR count). The maximum atomic E-state index is 12.4. The Bertz CT molecular complexity index is 1130. The number of hydrogen-bond acceptors (Lipinski definition) is 7. The summed E-state index contributed by atoms with van der Waals surface area (Å²) in [4.78, 5) is 59.6. The summed E-state index contributed by atoms with van der Waals surface area (Å²) < 4.78 is 5.52. The monoisotopic (exact) mass is 456 g/mol. The van der Waals surface area contributed by atoms with Crippen LogP contribution in [0.15, 0.2) is 67.4 Å². The van der Waals surface area contributed by atoms with E-state index in [2.05, 4.69) is 23.8 Å². The van der Waals surface area contributed by atoms with Crippen LogP contribution in [-0.4, -0.2) is 56.1 Å². The van der Waals surface area contributed by atoms with Gasteiger partial charge in [-0.25, -0.2) is 9.59 Å². The number of rotatable bonds is 9. The lowest BCUT2D eigenvalue weighted by Gasteiger charge is -2.41. The van der Waals surface area contributed by atoms with Gasteiger partial charge in [0.05, 0.1) is 0 Å². The van der Waals surface area contributed by atoms with Crippen LogP contribution in [0, 0.1) is 0 Å². The minimum absolute atomic E-state index is 0.0288. The van der Waals surface area contributed by atoms with Crippen molar-refractivity contribution >= 4 is 35.2 Å². The van der Waals surface area contributed by atoms with Crippen LogP contribution in [0.4, 0.5) is 5.69 Å². The minimum atomic E-state index is -2.87. The molecule has 1 aromatic carbocycles. The van der Waals surface area contributed by atoms with Gasteiger partial charge in [-0.05, 0) is 49.4 Å². The van der Waals surface area contributed by atoms with Crippen LogP contribution in [0.1, 0.15) is 17.3 Å². The van der Waals surface area contributed by atoms with Crippen LogP contribution < -0.4 is 15.4 Å². The van der Waals surface area contributed by atoms with E-state index in [0.717, 1.165) is 49.4 Å². The van der Waals surface area contributed by atoms with Gasteiger partial charge in [0, 0.05) is 17.5 Å². The molecule has 0 aromatic heterocycles. The highest BCUT2D eigenvalue weighted by atomic mass is 16.5. The number of benzene rings is 1. The van der Waals surface area contributed by atoms with Gasteiger partial charge in [-0.3, -0.25) is 14.4 Å². The number of anilines is 1. The van der Waals surface area contributed by atoms with Crippen LogP contribution in [0.5, 0.6) is 5.75 Å². The molecule has 0 heterocycles. The fourth-order valence-corrected chi connectivity index (χ4v) is 2.97. The van der Waals surface area contributed by atoms with Gasteiger partial charge in [-0.2, -0.15) is 0 Å². The molecule has 2 unspecified atom stereocenters. The molecule has 0 radical (unpaired) electrons. The zero-order valence-corrected chi connectivity index (χ0v) is 17.3. The number of carboxylic acids is 2. The Morgan fingerprint density at radius 1 is 1.03 bits per heavy atom. The standard InChI is InChI=1S/C22H20N2O9/c1-4-17(26)23-13-6-7-15(19(28)29)16(10-13)33-22(20(30)31)9-8-14(24-18(27)5-2)11-21(22,32)12(3)25/h4-11,32H,1-2H2,3H3,(H,23,26)(H,24,27)(H,28,29)(H,30,31). The summed E-state index contributed by atoms with van der Waals surface area (Å²) in [5, 5.41) is 35.3. The molecule has 2 atom stereocenters. The van der Waals surface area contributed by atoms with Crippen molar-refractivity contribution in [3.05, 3.63) is 73.0 Å². The van der Waals surface area contributed by atoms with Crippen molar-refractivity contribution in [2.75, 3.05) is 5.32 Å². The summed E-state index contributed by atoms with van der Waals surface area (Å²) in [5.41, 5.74) is -6.30. The number of amides is 2. The van der Waals surface area contributed by atoms with E-state index in [-0.39, 0.29) is 11.4 Å². The van der Waals surface area contributed by atoms with Crippen LogP contribution >= 0.6 is 0 Å². The van der Waals surface area contributed by atoms with Gasteiger partial charge < -0.3 is 30.7 Å². The normalized spacial score (nSPS) is 21.2. The predicted octanol–water partition coefficient (Wildman–Crippen LogP) is 0.787. The number of aliphatic carboxylic acids is 1. The molecule has 11 nitrogen and oxygen atoms in total. The summed E-state index contributed by atoms with van der Waals surface area (Å²) in [7, 11) is 0. The van der Waals surface area contributed by atoms with Crippen LogP contribution in [0.25, 0.3) is 0 Å². The molecular weight excluding hydrogens is 436 g/mol. The van der Waals surface area contributed by atoms with E-state index in [1.54, 1.807) is 0 Å². The van der Waals surface area contributed by atoms with E-state index in [1.165, 1.54) is 6.07 Å². The van der Waals surface area contributed by atoms with E-state index in [9.17, 15) is 39.3 Å². The molecule has 0 aliphatic heterocycles. The lowest BCUT2D eigenvalue weighted by Crippen LogP contribution is -2.65. The average Bonchev–Trinajstić information content (AvgIpc) is 2.75. The number of ether oxygens (including phenoxy) is 1. The zero-order chi connectivity index (χ0) is 25.0. The van der Waals surface area contributed by atoms with Gasteiger partial charge in [0.15, 0.2) is 11.4 Å². The molecule has 1 aliphatic rings. The first kappa shape index (κ1) is 24.8. The summed E-state index contributed by atoms with van der Waals surface area (Å²) in [5.74, 6) is -6.32. The Balaban J connectivity index is 2.67. The third kappa shape index (κ3) is 4.72. The fraction of sp³-hybridized carbons (Fsp3) is 0.136. The number of carbonyl (C=O) groups excluding carboxylic acids is 3. The Morgan fingerprint density at radius 2 is 1.64 bits per heavy atom. The highest BCUT2D eigenvalue weighted by molar-refractivity contribution is 6.01. The van der Waals surface area contributed by atoms with Crippen molar-refractivity contribution in [3.8, 4) is 5.75 Å². The number of carboxylic acid groups (broad SMARTS) is 2. The van der Waals surface area contributed by atoms with E-state index in [1.807, 2.05) is 0 Å². The summed E-state index contributed by atoms with van der Waals surface area (Å²) in [6.07, 6.45) is 4.51. The van der Waals surface area contributed by atoms with Crippen LogP contribution in [-0.2, 0) is 19.2 Å². The molecular formula is C22H20N2O9.